The summed E-state index contributed by atoms with van der Waals surface area (Å²) in [6, 6.07) is 5.66. The fourth-order valence-electron chi connectivity index (χ4n) is 1.91. The Morgan fingerprint density at radius 1 is 1.33 bits per heavy atom. The number of nitrogens with two attached hydrogens (primary N) is 1. The maximum atomic E-state index is 11.8. The molecule has 0 saturated carbocycles. The lowest BCUT2D eigenvalue weighted by molar-refractivity contribution is 0.0636. The number of aryl methyl sites for hydroxylation is 1. The van der Waals surface area contributed by atoms with Gasteiger partial charge in [-0.15, -0.1) is 0 Å². The Kier molecular flexibility index (Phi) is 5.36. The van der Waals surface area contributed by atoms with Gasteiger partial charge in [0.25, 0.3) is 0 Å². The van der Waals surface area contributed by atoms with Crippen LogP contribution in [0.2, 0.25) is 0 Å². The number of anilines is 1. The van der Waals surface area contributed by atoms with Crippen molar-refractivity contribution in [1.82, 2.24) is 0 Å². The minimum Gasteiger partial charge on any atom is -0.444 e. The topological polar surface area (TPSA) is 84.6 Å². The van der Waals surface area contributed by atoms with Gasteiger partial charge >= 0.3 is 6.09 Å². The monoisotopic (exact) mass is 294 g/mol. The summed E-state index contributed by atoms with van der Waals surface area (Å²) < 4.78 is 5.22. The van der Waals surface area contributed by atoms with Crippen LogP contribution in [0.5, 0.6) is 0 Å². The van der Waals surface area contributed by atoms with Crippen LogP contribution in [0.4, 0.5) is 10.5 Å². The molecule has 5 nitrogen and oxygen atoms in total. The molecule has 0 heterocycles. The highest BCUT2D eigenvalue weighted by Crippen LogP contribution is 2.20. The molecule has 5 heteroatoms. The first-order valence-corrected chi connectivity index (χ1v) is 7.02. The lowest BCUT2D eigenvalue weighted by Gasteiger charge is -2.23. The molecule has 0 aliphatic carbocycles. The maximum Gasteiger partial charge on any atom is 0.412 e. The third-order valence-electron chi connectivity index (χ3n) is 2.90. The molecule has 1 aromatic carbocycles. The molecule has 21 heavy (non-hydrogen) atoms. The maximum absolute atomic E-state index is 11.8. The van der Waals surface area contributed by atoms with E-state index in [2.05, 4.69) is 5.32 Å². The number of amides is 1. The second-order valence-corrected chi connectivity index (χ2v) is 6.77. The third kappa shape index (κ3) is 6.14. The van der Waals surface area contributed by atoms with Crippen molar-refractivity contribution in [2.45, 2.75) is 52.2 Å². The molecule has 1 rings (SSSR count). The van der Waals surface area contributed by atoms with Crippen molar-refractivity contribution in [3.8, 4) is 0 Å². The van der Waals surface area contributed by atoms with Crippen LogP contribution >= 0.6 is 0 Å². The number of nitrogens with one attached hydrogen (secondary N) is 1. The van der Waals surface area contributed by atoms with Gasteiger partial charge in [0.2, 0.25) is 0 Å². The van der Waals surface area contributed by atoms with Crippen LogP contribution in [0.1, 0.15) is 38.8 Å². The molecule has 1 aromatic rings. The van der Waals surface area contributed by atoms with E-state index >= 15 is 0 Å². The summed E-state index contributed by atoms with van der Waals surface area (Å²) in [7, 11) is 0. The number of rotatable bonds is 4. The third-order valence-corrected chi connectivity index (χ3v) is 2.90. The van der Waals surface area contributed by atoms with Gasteiger partial charge in [0, 0.05) is 11.2 Å². The Hall–Kier alpha value is -1.59. The molecule has 0 fully saturated rings. The van der Waals surface area contributed by atoms with E-state index in [1.807, 2.05) is 45.9 Å². The molecule has 118 valence electrons. The molecule has 0 saturated heterocycles. The first-order chi connectivity index (χ1) is 9.52. The summed E-state index contributed by atoms with van der Waals surface area (Å²) in [5.41, 5.74) is 7.42. The highest BCUT2D eigenvalue weighted by atomic mass is 16.6. The predicted octanol–water partition coefficient (Wildman–Crippen LogP) is 2.59. The number of hydrogen-bond donors (Lipinski definition) is 3. The van der Waals surface area contributed by atoms with Crippen molar-refractivity contribution >= 4 is 11.8 Å². The molecule has 1 unspecified atom stereocenters. The van der Waals surface area contributed by atoms with E-state index in [1.54, 1.807) is 6.92 Å². The summed E-state index contributed by atoms with van der Waals surface area (Å²) in [5.74, 6) is 0. The average Bonchev–Trinajstić information content (AvgIpc) is 2.30. The van der Waals surface area contributed by atoms with Crippen LogP contribution in [0, 0.1) is 6.92 Å². The zero-order valence-corrected chi connectivity index (χ0v) is 13.5. The molecular weight excluding hydrogens is 268 g/mol. The van der Waals surface area contributed by atoms with Crippen molar-refractivity contribution in [3.05, 3.63) is 29.3 Å². The molecule has 4 N–H and O–H groups in total. The number of hydrogen-bond acceptors (Lipinski definition) is 4. The zero-order valence-electron chi connectivity index (χ0n) is 13.5. The zero-order chi connectivity index (χ0) is 16.3. The van der Waals surface area contributed by atoms with Gasteiger partial charge in [-0.3, -0.25) is 5.32 Å². The molecule has 0 spiro atoms. The van der Waals surface area contributed by atoms with Crippen LogP contribution in [-0.4, -0.2) is 28.9 Å². The average molecular weight is 294 g/mol. The van der Waals surface area contributed by atoms with Gasteiger partial charge in [-0.2, -0.15) is 0 Å². The van der Waals surface area contributed by atoms with E-state index in [0.717, 1.165) is 11.1 Å². The summed E-state index contributed by atoms with van der Waals surface area (Å²) >= 11 is 0. The van der Waals surface area contributed by atoms with Crippen molar-refractivity contribution in [1.29, 1.82) is 0 Å². The number of benzene rings is 1. The summed E-state index contributed by atoms with van der Waals surface area (Å²) in [4.78, 5) is 11.8. The number of ether oxygens (including phenoxy) is 1. The van der Waals surface area contributed by atoms with Gasteiger partial charge in [-0.25, -0.2) is 4.79 Å². The van der Waals surface area contributed by atoms with E-state index < -0.39 is 17.2 Å². The number of carbonyl (C=O) groups excluding carboxylic acids is 1. The smallest absolute Gasteiger partial charge is 0.412 e. The first kappa shape index (κ1) is 17.5. The molecule has 0 radical (unpaired) electrons. The Balaban J connectivity index is 2.77. The fourth-order valence-corrected chi connectivity index (χ4v) is 1.91. The Bertz CT molecular complexity index is 505. The minimum atomic E-state index is -0.646. The van der Waals surface area contributed by atoms with Gasteiger partial charge in [-0.1, -0.05) is 12.1 Å². The van der Waals surface area contributed by atoms with E-state index in [4.69, 9.17) is 10.5 Å². The standard InChI is InChI=1S/C16H26N2O3/c1-11-8-12(9-16(5,17)10-19)6-7-13(11)18-14(20)21-15(2,3)4/h6-8,19H,9-10,17H2,1-5H3,(H,18,20). The van der Waals surface area contributed by atoms with Crippen molar-refractivity contribution in [2.24, 2.45) is 5.73 Å². The Morgan fingerprint density at radius 3 is 2.43 bits per heavy atom. The SMILES string of the molecule is Cc1cc(CC(C)(N)CO)ccc1NC(=O)OC(C)(C)C. The first-order valence-electron chi connectivity index (χ1n) is 7.02. The number of aliphatic hydroxyl groups is 1. The second kappa shape index (κ2) is 6.45. The Labute approximate surface area is 126 Å². The molecule has 0 aliphatic rings. The lowest BCUT2D eigenvalue weighted by atomic mass is 9.94. The van der Waals surface area contributed by atoms with E-state index in [0.29, 0.717) is 12.1 Å². The van der Waals surface area contributed by atoms with E-state index in [-0.39, 0.29) is 6.61 Å². The summed E-state index contributed by atoms with van der Waals surface area (Å²) in [5, 5.41) is 11.9. The molecule has 1 atom stereocenters. The highest BCUT2D eigenvalue weighted by molar-refractivity contribution is 5.85. The van der Waals surface area contributed by atoms with Gasteiger partial charge < -0.3 is 15.6 Å². The normalized spacial score (nSPS) is 14.4. The molecule has 0 aliphatic heterocycles. The van der Waals surface area contributed by atoms with Crippen LogP contribution in [0.25, 0.3) is 0 Å². The van der Waals surface area contributed by atoms with Gasteiger partial charge in [-0.05, 0) is 58.2 Å². The van der Waals surface area contributed by atoms with Crippen molar-refractivity contribution in [3.63, 3.8) is 0 Å². The molecular formula is C16H26N2O3. The minimum absolute atomic E-state index is 0.0794. The van der Waals surface area contributed by atoms with Crippen molar-refractivity contribution in [2.75, 3.05) is 11.9 Å². The number of carbonyl (C=O) groups is 1. The quantitative estimate of drug-likeness (QED) is 0.797. The van der Waals surface area contributed by atoms with Gasteiger partial charge in [0.15, 0.2) is 0 Å². The Morgan fingerprint density at radius 2 is 1.95 bits per heavy atom. The van der Waals surface area contributed by atoms with Crippen molar-refractivity contribution < 1.29 is 14.6 Å². The van der Waals surface area contributed by atoms with E-state index in [1.165, 1.54) is 0 Å². The van der Waals surface area contributed by atoms with E-state index in [9.17, 15) is 9.90 Å². The van der Waals surface area contributed by atoms with Crippen LogP contribution in [-0.2, 0) is 11.2 Å². The number of aliphatic hydroxyl groups excluding tert-OH is 1. The van der Waals surface area contributed by atoms with Gasteiger partial charge in [0.1, 0.15) is 5.60 Å². The highest BCUT2D eigenvalue weighted by Gasteiger charge is 2.19. The summed E-state index contributed by atoms with van der Waals surface area (Å²) in [6.07, 6.45) is 0.0919. The molecule has 0 aromatic heterocycles. The van der Waals surface area contributed by atoms with Crippen LogP contribution < -0.4 is 11.1 Å². The largest absolute Gasteiger partial charge is 0.444 e. The van der Waals surface area contributed by atoms with Gasteiger partial charge in [0.05, 0.1) is 6.61 Å². The summed E-state index contributed by atoms with van der Waals surface area (Å²) in [6.45, 7) is 9.08. The molecule has 1 amide bonds. The predicted molar refractivity (Wildman–Crippen MR) is 84.4 cm³/mol. The molecule has 0 bridgehead atoms. The van der Waals surface area contributed by atoms with Crippen LogP contribution in [0.3, 0.4) is 0 Å². The second-order valence-electron chi connectivity index (χ2n) is 6.77. The lowest BCUT2D eigenvalue weighted by Crippen LogP contribution is -2.42. The van der Waals surface area contributed by atoms with Crippen LogP contribution in [0.15, 0.2) is 18.2 Å². The fraction of sp³-hybridized carbons (Fsp3) is 0.562.